The molecule has 0 aliphatic rings. The van der Waals surface area contributed by atoms with Gasteiger partial charge in [-0.25, -0.2) is 19.9 Å². The average Bonchev–Trinajstić information content (AvgIpc) is 2.72. The standard InChI is InChI=1S/C23H46N6O5/c1-5-6-7-8-9-10-11-12-13-14-17-25-20(30)19(27-22(31)34-23(2,3)4)16-15-18-26-21(24)28-29(32)33/h19H,5-18H2,1-4H3,(H,25,30)(H,27,31)(H3,24,26,28)/t19-/m0/s1. The second-order valence-electron chi connectivity index (χ2n) is 9.45. The van der Waals surface area contributed by atoms with Gasteiger partial charge < -0.3 is 21.1 Å². The summed E-state index contributed by atoms with van der Waals surface area (Å²) < 4.78 is 5.26. The van der Waals surface area contributed by atoms with Gasteiger partial charge in [-0.2, -0.15) is 0 Å². The molecule has 0 aromatic heterocycles. The Bertz CT molecular complexity index is 621. The van der Waals surface area contributed by atoms with Gasteiger partial charge in [-0.15, -0.1) is 0 Å². The van der Waals surface area contributed by atoms with Gasteiger partial charge in [0.2, 0.25) is 5.91 Å². The van der Waals surface area contributed by atoms with Crippen molar-refractivity contribution in [1.82, 2.24) is 16.1 Å². The summed E-state index contributed by atoms with van der Waals surface area (Å²) in [4.78, 5) is 39.0. The number of ether oxygens (including phenoxy) is 1. The van der Waals surface area contributed by atoms with Crippen LogP contribution in [0.5, 0.6) is 0 Å². The van der Waals surface area contributed by atoms with Crippen LogP contribution in [0.25, 0.3) is 0 Å². The van der Waals surface area contributed by atoms with E-state index in [1.165, 1.54) is 44.9 Å². The van der Waals surface area contributed by atoms with Crippen LogP contribution in [0, 0.1) is 10.1 Å². The first-order valence-corrected chi connectivity index (χ1v) is 12.5. The molecular formula is C23H46N6O5. The molecule has 0 radical (unpaired) electrons. The van der Waals surface area contributed by atoms with E-state index < -0.39 is 22.8 Å². The number of aliphatic imine (C=N–C) groups is 1. The van der Waals surface area contributed by atoms with Gasteiger partial charge in [0.15, 0.2) is 5.03 Å². The van der Waals surface area contributed by atoms with Crippen molar-refractivity contribution in [1.29, 1.82) is 0 Å². The second kappa shape index (κ2) is 18.8. The fourth-order valence-electron chi connectivity index (χ4n) is 3.29. The fraction of sp³-hybridized carbons (Fsp3) is 0.870. The average molecular weight is 487 g/mol. The number of carbonyl (C=O) groups excluding carboxylic acids is 2. The van der Waals surface area contributed by atoms with Crippen molar-refractivity contribution in [3.8, 4) is 0 Å². The molecule has 0 rings (SSSR count). The summed E-state index contributed by atoms with van der Waals surface area (Å²) >= 11 is 0. The number of hydrazine groups is 1. The van der Waals surface area contributed by atoms with E-state index in [2.05, 4.69) is 22.5 Å². The Balaban J connectivity index is 4.37. The molecule has 0 bridgehead atoms. The lowest BCUT2D eigenvalue weighted by atomic mass is 10.1. The summed E-state index contributed by atoms with van der Waals surface area (Å²) in [6.45, 7) is 8.16. The van der Waals surface area contributed by atoms with Gasteiger partial charge in [0.1, 0.15) is 11.6 Å². The highest BCUT2D eigenvalue weighted by molar-refractivity contribution is 5.85. The third-order valence-electron chi connectivity index (χ3n) is 4.98. The second-order valence-corrected chi connectivity index (χ2v) is 9.45. The monoisotopic (exact) mass is 486 g/mol. The van der Waals surface area contributed by atoms with Crippen LogP contribution in [0.1, 0.15) is 105 Å². The third-order valence-corrected chi connectivity index (χ3v) is 4.98. The molecule has 0 spiro atoms. The molecule has 5 N–H and O–H groups in total. The van der Waals surface area contributed by atoms with Gasteiger partial charge >= 0.3 is 6.09 Å². The lowest BCUT2D eigenvalue weighted by Crippen LogP contribution is -2.48. The predicted molar refractivity (Wildman–Crippen MR) is 134 cm³/mol. The van der Waals surface area contributed by atoms with Crippen LogP contribution in [-0.4, -0.2) is 47.7 Å². The van der Waals surface area contributed by atoms with Crippen molar-refractivity contribution >= 4 is 18.0 Å². The lowest BCUT2D eigenvalue weighted by Gasteiger charge is -2.23. The molecule has 0 saturated heterocycles. The molecule has 0 heterocycles. The normalized spacial score (nSPS) is 12.6. The van der Waals surface area contributed by atoms with Crippen molar-refractivity contribution < 1.29 is 19.4 Å². The number of nitrogens with two attached hydrogens (primary N) is 1. The highest BCUT2D eigenvalue weighted by Crippen LogP contribution is 2.11. The molecule has 0 aliphatic heterocycles. The summed E-state index contributed by atoms with van der Waals surface area (Å²) in [6, 6.07) is -0.794. The molecule has 11 nitrogen and oxygen atoms in total. The topological polar surface area (TPSA) is 161 Å². The largest absolute Gasteiger partial charge is 0.444 e. The number of nitrogens with zero attached hydrogens (tertiary/aromatic N) is 2. The van der Waals surface area contributed by atoms with Gasteiger partial charge in [0.25, 0.3) is 5.96 Å². The quantitative estimate of drug-likeness (QED) is 0.0753. The molecule has 198 valence electrons. The Kier molecular flexibility index (Phi) is 17.4. The van der Waals surface area contributed by atoms with E-state index in [0.29, 0.717) is 19.4 Å². The van der Waals surface area contributed by atoms with E-state index in [1.807, 2.05) is 0 Å². The smallest absolute Gasteiger partial charge is 0.408 e. The number of amides is 2. The minimum Gasteiger partial charge on any atom is -0.444 e. The zero-order chi connectivity index (χ0) is 25.8. The highest BCUT2D eigenvalue weighted by atomic mass is 16.7. The van der Waals surface area contributed by atoms with E-state index >= 15 is 0 Å². The molecule has 2 amide bonds. The lowest BCUT2D eigenvalue weighted by molar-refractivity contribution is -0.525. The SMILES string of the molecule is CCCCCCCCCCCCNC(=O)[C@H](CCCN=C(N)N[N+](=O)[O-])NC(=O)OC(C)(C)C. The first kappa shape index (κ1) is 31.4. The minimum absolute atomic E-state index is 0.172. The molecule has 1 atom stereocenters. The Morgan fingerprint density at radius 3 is 2.09 bits per heavy atom. The molecular weight excluding hydrogens is 440 g/mol. The highest BCUT2D eigenvalue weighted by Gasteiger charge is 2.23. The number of alkyl carbamates (subject to hydrolysis) is 1. The zero-order valence-electron chi connectivity index (χ0n) is 21.5. The van der Waals surface area contributed by atoms with Crippen LogP contribution in [0.4, 0.5) is 4.79 Å². The summed E-state index contributed by atoms with van der Waals surface area (Å²) in [7, 11) is 0. The Hall–Kier alpha value is -2.59. The van der Waals surface area contributed by atoms with Crippen LogP contribution >= 0.6 is 0 Å². The van der Waals surface area contributed by atoms with E-state index in [1.54, 1.807) is 26.2 Å². The van der Waals surface area contributed by atoms with Crippen LogP contribution < -0.4 is 21.8 Å². The number of carbonyl (C=O) groups is 2. The minimum atomic E-state index is -0.799. The molecule has 0 aliphatic carbocycles. The maximum Gasteiger partial charge on any atom is 0.408 e. The molecule has 0 aromatic carbocycles. The summed E-state index contributed by atoms with van der Waals surface area (Å²) in [6.07, 6.45) is 12.1. The maximum atomic E-state index is 12.6. The van der Waals surface area contributed by atoms with Gasteiger partial charge in [-0.05, 0) is 40.0 Å². The number of hydrogen-bond donors (Lipinski definition) is 4. The van der Waals surface area contributed by atoms with Crippen molar-refractivity contribution in [2.45, 2.75) is 116 Å². The summed E-state index contributed by atoms with van der Waals surface area (Å²) in [5.41, 5.74) is 6.45. The van der Waals surface area contributed by atoms with Crippen LogP contribution in [0.3, 0.4) is 0 Å². The number of unbranched alkanes of at least 4 members (excludes halogenated alkanes) is 9. The Labute approximate surface area is 204 Å². The first-order chi connectivity index (χ1) is 16.0. The van der Waals surface area contributed by atoms with E-state index in [-0.39, 0.29) is 18.4 Å². The maximum absolute atomic E-state index is 12.6. The first-order valence-electron chi connectivity index (χ1n) is 12.5. The summed E-state index contributed by atoms with van der Waals surface area (Å²) in [5, 5.41) is 15.0. The van der Waals surface area contributed by atoms with Crippen LogP contribution in [0.2, 0.25) is 0 Å². The van der Waals surface area contributed by atoms with Crippen molar-refractivity contribution in [2.24, 2.45) is 10.7 Å². The number of nitrogens with one attached hydrogen (secondary N) is 3. The van der Waals surface area contributed by atoms with Crippen LogP contribution in [0.15, 0.2) is 4.99 Å². The van der Waals surface area contributed by atoms with Crippen molar-refractivity contribution in [2.75, 3.05) is 13.1 Å². The van der Waals surface area contributed by atoms with Gasteiger partial charge in [0.05, 0.1) is 0 Å². The van der Waals surface area contributed by atoms with E-state index in [9.17, 15) is 19.7 Å². The Morgan fingerprint density at radius 1 is 1.00 bits per heavy atom. The fourth-order valence-corrected chi connectivity index (χ4v) is 3.29. The van der Waals surface area contributed by atoms with Crippen molar-refractivity contribution in [3.05, 3.63) is 10.1 Å². The number of hydrogen-bond acceptors (Lipinski definition) is 6. The Morgan fingerprint density at radius 2 is 1.56 bits per heavy atom. The predicted octanol–water partition coefficient (Wildman–Crippen LogP) is 3.79. The third kappa shape index (κ3) is 20.0. The zero-order valence-corrected chi connectivity index (χ0v) is 21.5. The molecule has 0 aromatic rings. The van der Waals surface area contributed by atoms with Gasteiger partial charge in [-0.3, -0.25) is 4.79 Å². The van der Waals surface area contributed by atoms with Gasteiger partial charge in [0, 0.05) is 13.1 Å². The van der Waals surface area contributed by atoms with E-state index in [0.717, 1.165) is 19.3 Å². The number of rotatable bonds is 18. The van der Waals surface area contributed by atoms with Crippen molar-refractivity contribution in [3.63, 3.8) is 0 Å². The number of guanidine groups is 1. The molecule has 11 heteroatoms. The van der Waals surface area contributed by atoms with Crippen LogP contribution in [-0.2, 0) is 9.53 Å². The molecule has 0 fully saturated rings. The van der Waals surface area contributed by atoms with Gasteiger partial charge in [-0.1, -0.05) is 70.1 Å². The molecule has 0 saturated carbocycles. The number of nitro groups is 1. The van der Waals surface area contributed by atoms with E-state index in [4.69, 9.17) is 10.5 Å². The molecule has 34 heavy (non-hydrogen) atoms. The summed E-state index contributed by atoms with van der Waals surface area (Å²) in [5.74, 6) is -0.603. The molecule has 0 unspecified atom stereocenters.